The summed E-state index contributed by atoms with van der Waals surface area (Å²) in [5, 5.41) is 40.5. The van der Waals surface area contributed by atoms with Gasteiger partial charge in [0.1, 0.15) is 6.61 Å². The van der Waals surface area contributed by atoms with E-state index >= 15 is 0 Å². The van der Waals surface area contributed by atoms with Gasteiger partial charge in [0.05, 0.1) is 24.9 Å². The van der Waals surface area contributed by atoms with Crippen LogP contribution in [-0.2, 0) is 19.1 Å². The van der Waals surface area contributed by atoms with E-state index < -0.39 is 37.0 Å². The molecule has 0 aliphatic heterocycles. The summed E-state index contributed by atoms with van der Waals surface area (Å²) in [4.78, 5) is 24.0. The van der Waals surface area contributed by atoms with Crippen molar-refractivity contribution in [3.05, 3.63) is 12.2 Å². The zero-order chi connectivity index (χ0) is 28.9. The lowest BCUT2D eigenvalue weighted by Gasteiger charge is -2.21. The van der Waals surface area contributed by atoms with E-state index in [4.69, 9.17) is 9.47 Å². The van der Waals surface area contributed by atoms with Crippen molar-refractivity contribution in [3.63, 3.8) is 0 Å². The van der Waals surface area contributed by atoms with Crippen LogP contribution in [0.5, 0.6) is 0 Å². The Labute approximate surface area is 236 Å². The molecule has 228 valence electrons. The molecule has 4 N–H and O–H groups in total. The molecule has 0 aromatic heterocycles. The second kappa shape index (κ2) is 22.2. The molecule has 1 fully saturated rings. The van der Waals surface area contributed by atoms with E-state index in [0.29, 0.717) is 25.7 Å². The van der Waals surface area contributed by atoms with Gasteiger partial charge < -0.3 is 29.9 Å². The maximum Gasteiger partial charge on any atom is 0.306 e. The molecule has 0 bridgehead atoms. The van der Waals surface area contributed by atoms with Gasteiger partial charge in [-0.05, 0) is 31.6 Å². The predicted octanol–water partition coefficient (Wildman–Crippen LogP) is 4.99. The minimum absolute atomic E-state index is 0.0339. The normalized spacial score (nSPS) is 22.7. The Hall–Kier alpha value is -1.48. The summed E-state index contributed by atoms with van der Waals surface area (Å²) in [5.74, 6) is -0.932. The summed E-state index contributed by atoms with van der Waals surface area (Å²) in [6.45, 7) is 3.74. The molecule has 0 saturated heterocycles. The van der Waals surface area contributed by atoms with Gasteiger partial charge in [0.25, 0.3) is 0 Å². The molecule has 0 aromatic rings. The Balaban J connectivity index is 2.23. The van der Waals surface area contributed by atoms with Crippen LogP contribution in [-0.4, -0.2) is 70.0 Å². The van der Waals surface area contributed by atoms with E-state index in [2.05, 4.69) is 13.8 Å². The third-order valence-electron chi connectivity index (χ3n) is 7.66. The Morgan fingerprint density at radius 2 is 1.46 bits per heavy atom. The molecule has 0 unspecified atom stereocenters. The van der Waals surface area contributed by atoms with Crippen LogP contribution in [0.15, 0.2) is 12.2 Å². The molecule has 1 rings (SSSR count). The SMILES string of the molecule is CCCCCCCC(=O)OC[C@H](CO)OC(=O)CCCCCC[C@@H]1[C@@H](/C=C/[C@@H](O)CCCCC)[C@H](O)C[C@@H]1O. The number of hydrogen-bond donors (Lipinski definition) is 4. The molecule has 0 heterocycles. The van der Waals surface area contributed by atoms with E-state index in [0.717, 1.165) is 77.0 Å². The lowest BCUT2D eigenvalue weighted by Crippen LogP contribution is -2.28. The van der Waals surface area contributed by atoms with Crippen molar-refractivity contribution in [2.75, 3.05) is 13.2 Å². The molecule has 0 aromatic carbocycles. The third-order valence-corrected chi connectivity index (χ3v) is 7.66. The molecule has 8 nitrogen and oxygen atoms in total. The zero-order valence-electron chi connectivity index (χ0n) is 24.5. The number of rotatable bonds is 23. The third kappa shape index (κ3) is 16.4. The van der Waals surface area contributed by atoms with Gasteiger partial charge in [0.15, 0.2) is 6.10 Å². The lowest BCUT2D eigenvalue weighted by molar-refractivity contribution is -0.161. The van der Waals surface area contributed by atoms with Crippen molar-refractivity contribution >= 4 is 11.9 Å². The fourth-order valence-corrected chi connectivity index (χ4v) is 5.24. The van der Waals surface area contributed by atoms with Crippen molar-refractivity contribution < 1.29 is 39.5 Å². The summed E-state index contributed by atoms with van der Waals surface area (Å²) in [5.41, 5.74) is 0. The summed E-state index contributed by atoms with van der Waals surface area (Å²) in [6, 6.07) is 0. The molecule has 0 amide bonds. The van der Waals surface area contributed by atoms with E-state index in [1.54, 1.807) is 6.08 Å². The second-order valence-electron chi connectivity index (χ2n) is 11.2. The summed E-state index contributed by atoms with van der Waals surface area (Å²) in [6.07, 6.45) is 15.2. The molecule has 39 heavy (non-hydrogen) atoms. The minimum Gasteiger partial charge on any atom is -0.462 e. The van der Waals surface area contributed by atoms with Crippen molar-refractivity contribution in [2.24, 2.45) is 11.8 Å². The molecular weight excluding hydrogens is 500 g/mol. The number of aliphatic hydroxyl groups excluding tert-OH is 4. The molecular formula is C31H56O8. The maximum absolute atomic E-state index is 12.1. The van der Waals surface area contributed by atoms with E-state index in [9.17, 15) is 30.0 Å². The van der Waals surface area contributed by atoms with Crippen LogP contribution in [0.1, 0.15) is 123 Å². The maximum atomic E-state index is 12.1. The van der Waals surface area contributed by atoms with Gasteiger partial charge in [0, 0.05) is 25.2 Å². The molecule has 8 heteroatoms. The number of aliphatic hydroxyl groups is 4. The molecule has 6 atom stereocenters. The van der Waals surface area contributed by atoms with Crippen LogP contribution in [0.2, 0.25) is 0 Å². The van der Waals surface area contributed by atoms with Crippen molar-refractivity contribution in [2.45, 2.75) is 147 Å². The minimum atomic E-state index is -0.841. The van der Waals surface area contributed by atoms with Crippen molar-refractivity contribution in [3.8, 4) is 0 Å². The number of hydrogen-bond acceptors (Lipinski definition) is 8. The largest absolute Gasteiger partial charge is 0.462 e. The first-order chi connectivity index (χ1) is 18.8. The highest BCUT2D eigenvalue weighted by Gasteiger charge is 2.39. The average Bonchev–Trinajstić information content (AvgIpc) is 3.18. The van der Waals surface area contributed by atoms with Crippen LogP contribution in [0.3, 0.4) is 0 Å². The van der Waals surface area contributed by atoms with Crippen LogP contribution in [0, 0.1) is 11.8 Å². The molecule has 1 aliphatic rings. The van der Waals surface area contributed by atoms with Crippen molar-refractivity contribution in [1.82, 2.24) is 0 Å². The monoisotopic (exact) mass is 556 g/mol. The zero-order valence-corrected chi connectivity index (χ0v) is 24.5. The summed E-state index contributed by atoms with van der Waals surface area (Å²) < 4.78 is 10.4. The van der Waals surface area contributed by atoms with Gasteiger partial charge in [-0.3, -0.25) is 9.59 Å². The van der Waals surface area contributed by atoms with E-state index in [-0.39, 0.29) is 30.8 Å². The fraction of sp³-hybridized carbons (Fsp3) is 0.871. The van der Waals surface area contributed by atoms with Crippen LogP contribution in [0.25, 0.3) is 0 Å². The highest BCUT2D eigenvalue weighted by atomic mass is 16.6. The predicted molar refractivity (Wildman–Crippen MR) is 152 cm³/mol. The van der Waals surface area contributed by atoms with E-state index in [1.165, 1.54) is 0 Å². The molecule has 0 radical (unpaired) electrons. The van der Waals surface area contributed by atoms with Crippen LogP contribution >= 0.6 is 0 Å². The average molecular weight is 557 g/mol. The number of ether oxygens (including phenoxy) is 2. The lowest BCUT2D eigenvalue weighted by atomic mass is 9.88. The second-order valence-corrected chi connectivity index (χ2v) is 11.2. The standard InChI is InChI=1S/C31H56O8/c1-3-5-7-8-13-17-30(36)38-23-25(22-32)39-31(37)18-14-10-9-12-16-26-27(29(35)21-28(26)34)20-19-24(33)15-11-6-4-2/h19-20,24-29,32-35H,3-18,21-23H2,1-2H3/b20-19+/t24-,25-,26+,27+,28-,29+/m0/s1. The first-order valence-electron chi connectivity index (χ1n) is 15.5. The van der Waals surface area contributed by atoms with E-state index in [1.807, 2.05) is 6.08 Å². The van der Waals surface area contributed by atoms with Gasteiger partial charge >= 0.3 is 11.9 Å². The first kappa shape index (κ1) is 35.5. The van der Waals surface area contributed by atoms with Crippen molar-refractivity contribution in [1.29, 1.82) is 0 Å². The Bertz CT molecular complexity index is 667. The Kier molecular flexibility index (Phi) is 20.3. The first-order valence-corrected chi connectivity index (χ1v) is 15.5. The van der Waals surface area contributed by atoms with Gasteiger partial charge in [-0.15, -0.1) is 0 Å². The highest BCUT2D eigenvalue weighted by molar-refractivity contribution is 5.70. The quantitative estimate of drug-likeness (QED) is 0.0786. The summed E-state index contributed by atoms with van der Waals surface area (Å²) >= 11 is 0. The number of unbranched alkanes of at least 4 members (excludes halogenated alkanes) is 9. The van der Waals surface area contributed by atoms with Crippen LogP contribution in [0.4, 0.5) is 0 Å². The number of esters is 2. The van der Waals surface area contributed by atoms with Gasteiger partial charge in [0.2, 0.25) is 0 Å². The van der Waals surface area contributed by atoms with Gasteiger partial charge in [-0.1, -0.05) is 90.2 Å². The number of carbonyl (C=O) groups is 2. The fourth-order valence-electron chi connectivity index (χ4n) is 5.24. The van der Waals surface area contributed by atoms with Gasteiger partial charge in [-0.25, -0.2) is 0 Å². The summed E-state index contributed by atoms with van der Waals surface area (Å²) in [7, 11) is 0. The molecule has 0 spiro atoms. The topological polar surface area (TPSA) is 134 Å². The number of carbonyl (C=O) groups excluding carboxylic acids is 2. The molecule has 1 aliphatic carbocycles. The van der Waals surface area contributed by atoms with Gasteiger partial charge in [-0.2, -0.15) is 0 Å². The Morgan fingerprint density at radius 3 is 2.13 bits per heavy atom. The highest BCUT2D eigenvalue weighted by Crippen LogP contribution is 2.37. The molecule has 1 saturated carbocycles. The smallest absolute Gasteiger partial charge is 0.306 e. The van der Waals surface area contributed by atoms with Crippen LogP contribution < -0.4 is 0 Å². The Morgan fingerprint density at radius 1 is 0.846 bits per heavy atom.